The van der Waals surface area contributed by atoms with Gasteiger partial charge in [0.05, 0.1) is 0 Å². The number of pyridine rings is 1. The van der Waals surface area contributed by atoms with Gasteiger partial charge < -0.3 is 5.11 Å². The van der Waals surface area contributed by atoms with Gasteiger partial charge in [0.1, 0.15) is 17.6 Å². The zero-order chi connectivity index (χ0) is 15.6. The van der Waals surface area contributed by atoms with Gasteiger partial charge in [0, 0.05) is 11.3 Å². The predicted molar refractivity (Wildman–Crippen MR) is 75.8 cm³/mol. The van der Waals surface area contributed by atoms with Crippen LogP contribution in [-0.4, -0.2) is 16.0 Å². The molecule has 1 unspecified atom stereocenters. The van der Waals surface area contributed by atoms with Gasteiger partial charge in [0.2, 0.25) is 0 Å². The summed E-state index contributed by atoms with van der Waals surface area (Å²) in [6, 6.07) is 7.09. The summed E-state index contributed by atoms with van der Waals surface area (Å²) < 4.78 is 13.0. The number of aliphatic hydroxyl groups is 1. The van der Waals surface area contributed by atoms with Gasteiger partial charge in [-0.25, -0.2) is 15.2 Å². The number of hydrogen-bond acceptors (Lipinski definition) is 4. The number of rotatable bonds is 3. The smallest absolute Gasteiger partial charge is 0.284 e. The number of halogens is 1. The summed E-state index contributed by atoms with van der Waals surface area (Å²) in [5.74, 6) is 4.16. The number of nitrogen functional groups attached to an aromatic ring is 1. The number of benzene rings is 1. The molecular weight excluding hydrogens is 273 g/mol. The maximum absolute atomic E-state index is 13.0. The predicted octanol–water partition coefficient (Wildman–Crippen LogP) is 1.52. The summed E-state index contributed by atoms with van der Waals surface area (Å²) in [7, 11) is 0. The zero-order valence-corrected chi connectivity index (χ0v) is 11.7. The van der Waals surface area contributed by atoms with Crippen LogP contribution in [0.25, 0.3) is 0 Å². The summed E-state index contributed by atoms with van der Waals surface area (Å²) in [6.45, 7) is 3.59. The minimum Gasteiger partial charge on any atom is -0.384 e. The Morgan fingerprint density at radius 3 is 2.52 bits per heavy atom. The summed E-state index contributed by atoms with van der Waals surface area (Å²) in [4.78, 5) is 16.0. The molecule has 1 amide bonds. The average molecular weight is 289 g/mol. The van der Waals surface area contributed by atoms with E-state index in [1.54, 1.807) is 13.0 Å². The monoisotopic (exact) mass is 289 g/mol. The number of carbonyl (C=O) groups excluding carboxylic acids is 1. The first kappa shape index (κ1) is 15.1. The van der Waals surface area contributed by atoms with Crippen molar-refractivity contribution in [1.29, 1.82) is 0 Å². The molecule has 0 saturated carbocycles. The third-order valence-electron chi connectivity index (χ3n) is 3.32. The van der Waals surface area contributed by atoms with Crippen molar-refractivity contribution >= 4 is 5.91 Å². The lowest BCUT2D eigenvalue weighted by Crippen LogP contribution is -2.32. The molecule has 1 aromatic carbocycles. The number of aliphatic hydroxyl groups excluding tert-OH is 1. The van der Waals surface area contributed by atoms with Crippen LogP contribution >= 0.6 is 0 Å². The standard InChI is InChI=1S/C15H16FN3O2/c1-8-7-12(13(15(21)19-17)18-9(8)2)14(20)10-3-5-11(16)6-4-10/h3-7,14,20H,17H2,1-2H3,(H,19,21). The third-order valence-corrected chi connectivity index (χ3v) is 3.32. The fourth-order valence-electron chi connectivity index (χ4n) is 2.01. The van der Waals surface area contributed by atoms with Crippen LogP contribution in [0.2, 0.25) is 0 Å². The number of carbonyl (C=O) groups is 1. The molecule has 0 aliphatic heterocycles. The Kier molecular flexibility index (Phi) is 4.30. The van der Waals surface area contributed by atoms with Crippen LogP contribution in [0.15, 0.2) is 30.3 Å². The van der Waals surface area contributed by atoms with E-state index in [-0.39, 0.29) is 5.69 Å². The van der Waals surface area contributed by atoms with Gasteiger partial charge in [-0.05, 0) is 43.2 Å². The molecule has 0 spiro atoms. The van der Waals surface area contributed by atoms with Crippen LogP contribution in [0.4, 0.5) is 4.39 Å². The third kappa shape index (κ3) is 3.07. The molecule has 110 valence electrons. The number of hydrogen-bond donors (Lipinski definition) is 3. The van der Waals surface area contributed by atoms with Crippen LogP contribution in [0.3, 0.4) is 0 Å². The molecular formula is C15H16FN3O2. The van der Waals surface area contributed by atoms with E-state index in [1.807, 2.05) is 12.3 Å². The summed E-state index contributed by atoms with van der Waals surface area (Å²) in [6.07, 6.45) is -1.09. The second-order valence-corrected chi connectivity index (χ2v) is 4.76. The SMILES string of the molecule is Cc1cc(C(O)c2ccc(F)cc2)c(C(=O)NN)nc1C. The van der Waals surface area contributed by atoms with E-state index < -0.39 is 17.8 Å². The largest absolute Gasteiger partial charge is 0.384 e. The second kappa shape index (κ2) is 5.99. The van der Waals surface area contributed by atoms with E-state index in [1.165, 1.54) is 24.3 Å². The first-order chi connectivity index (χ1) is 9.93. The fraction of sp³-hybridized carbons (Fsp3) is 0.200. The number of aryl methyl sites for hydroxylation is 2. The highest BCUT2D eigenvalue weighted by atomic mass is 19.1. The Morgan fingerprint density at radius 2 is 1.95 bits per heavy atom. The van der Waals surface area contributed by atoms with Gasteiger partial charge >= 0.3 is 0 Å². The van der Waals surface area contributed by atoms with Crippen LogP contribution in [0.5, 0.6) is 0 Å². The summed E-state index contributed by atoms with van der Waals surface area (Å²) in [5.41, 5.74) is 4.36. The topological polar surface area (TPSA) is 88.2 Å². The molecule has 2 rings (SSSR count). The molecule has 1 heterocycles. The van der Waals surface area contributed by atoms with Crippen LogP contribution in [0.1, 0.15) is 39.0 Å². The molecule has 0 bridgehead atoms. The Balaban J connectivity index is 2.53. The minimum absolute atomic E-state index is 0.0532. The highest BCUT2D eigenvalue weighted by molar-refractivity contribution is 5.93. The van der Waals surface area contributed by atoms with Gasteiger partial charge in [0.25, 0.3) is 5.91 Å². The fourth-order valence-corrected chi connectivity index (χ4v) is 2.01. The number of hydrazine groups is 1. The first-order valence-corrected chi connectivity index (χ1v) is 6.36. The molecule has 1 atom stereocenters. The van der Waals surface area contributed by atoms with Crippen molar-refractivity contribution in [2.75, 3.05) is 0 Å². The highest BCUT2D eigenvalue weighted by Crippen LogP contribution is 2.26. The maximum atomic E-state index is 13.0. The highest BCUT2D eigenvalue weighted by Gasteiger charge is 2.21. The molecule has 5 nitrogen and oxygen atoms in total. The van der Waals surface area contributed by atoms with E-state index >= 15 is 0 Å². The van der Waals surface area contributed by atoms with Crippen molar-refractivity contribution in [3.05, 3.63) is 64.2 Å². The van der Waals surface area contributed by atoms with Gasteiger partial charge in [0.15, 0.2) is 0 Å². The molecule has 0 radical (unpaired) electrons. The van der Waals surface area contributed by atoms with Crippen LogP contribution in [0, 0.1) is 19.7 Å². The molecule has 0 aliphatic carbocycles. The van der Waals surface area contributed by atoms with Crippen LogP contribution < -0.4 is 11.3 Å². The quantitative estimate of drug-likeness (QED) is 0.454. The van der Waals surface area contributed by atoms with Crippen molar-refractivity contribution in [3.63, 3.8) is 0 Å². The number of nitrogens with zero attached hydrogens (tertiary/aromatic N) is 1. The van der Waals surface area contributed by atoms with Crippen molar-refractivity contribution in [1.82, 2.24) is 10.4 Å². The molecule has 2 aromatic rings. The van der Waals surface area contributed by atoms with E-state index in [0.717, 1.165) is 5.56 Å². The molecule has 6 heteroatoms. The molecule has 4 N–H and O–H groups in total. The van der Waals surface area contributed by atoms with E-state index in [2.05, 4.69) is 4.98 Å². The number of nitrogens with one attached hydrogen (secondary N) is 1. The van der Waals surface area contributed by atoms with Gasteiger partial charge in [-0.1, -0.05) is 12.1 Å². The number of nitrogens with two attached hydrogens (primary N) is 1. The van der Waals surface area contributed by atoms with E-state index in [0.29, 0.717) is 16.8 Å². The van der Waals surface area contributed by atoms with Crippen molar-refractivity contribution < 1.29 is 14.3 Å². The van der Waals surface area contributed by atoms with E-state index in [9.17, 15) is 14.3 Å². The van der Waals surface area contributed by atoms with Crippen molar-refractivity contribution in [2.45, 2.75) is 20.0 Å². The molecule has 0 aliphatic rings. The Morgan fingerprint density at radius 1 is 1.33 bits per heavy atom. The van der Waals surface area contributed by atoms with Crippen molar-refractivity contribution in [3.8, 4) is 0 Å². The Bertz CT molecular complexity index is 671. The normalized spacial score (nSPS) is 12.0. The summed E-state index contributed by atoms with van der Waals surface area (Å²) in [5, 5.41) is 10.4. The first-order valence-electron chi connectivity index (χ1n) is 6.36. The second-order valence-electron chi connectivity index (χ2n) is 4.76. The molecule has 0 fully saturated rings. The van der Waals surface area contributed by atoms with Gasteiger partial charge in [-0.2, -0.15) is 0 Å². The average Bonchev–Trinajstić information content (AvgIpc) is 2.48. The minimum atomic E-state index is -1.09. The number of amides is 1. The lowest BCUT2D eigenvalue weighted by Gasteiger charge is -2.16. The Hall–Kier alpha value is -2.31. The van der Waals surface area contributed by atoms with Gasteiger partial charge in [-0.15, -0.1) is 0 Å². The van der Waals surface area contributed by atoms with E-state index in [4.69, 9.17) is 5.84 Å². The van der Waals surface area contributed by atoms with Crippen LogP contribution in [-0.2, 0) is 0 Å². The zero-order valence-electron chi connectivity index (χ0n) is 11.7. The molecule has 21 heavy (non-hydrogen) atoms. The number of aromatic nitrogens is 1. The lowest BCUT2D eigenvalue weighted by atomic mass is 9.97. The maximum Gasteiger partial charge on any atom is 0.284 e. The summed E-state index contributed by atoms with van der Waals surface area (Å²) >= 11 is 0. The van der Waals surface area contributed by atoms with Crippen molar-refractivity contribution in [2.24, 2.45) is 5.84 Å². The lowest BCUT2D eigenvalue weighted by molar-refractivity contribution is 0.0943. The molecule has 0 saturated heterocycles. The Labute approximate surface area is 121 Å². The van der Waals surface area contributed by atoms with Gasteiger partial charge in [-0.3, -0.25) is 10.2 Å². The molecule has 1 aromatic heterocycles.